The van der Waals surface area contributed by atoms with E-state index in [1.807, 2.05) is 37.3 Å². The van der Waals surface area contributed by atoms with Gasteiger partial charge in [-0.15, -0.1) is 0 Å². The fourth-order valence-electron chi connectivity index (χ4n) is 2.19. The Morgan fingerprint density at radius 2 is 1.85 bits per heavy atom. The van der Waals surface area contributed by atoms with E-state index in [2.05, 4.69) is 11.8 Å². The highest BCUT2D eigenvalue weighted by atomic mass is 32.1. The Bertz CT molecular complexity index is 623. The Labute approximate surface area is 124 Å². The van der Waals surface area contributed by atoms with Gasteiger partial charge in [-0.2, -0.15) is 0 Å². The standard InChI is InChI=1S/C16H18N2OS/c1-3-18(15-10-14(19)9-4-11(15)2)13-7-5-12(6-8-13)16(17)20/h4-10,19H,3H2,1-2H3,(H2,17,20). The zero-order chi connectivity index (χ0) is 14.7. The molecule has 3 nitrogen and oxygen atoms in total. The molecule has 2 rings (SSSR count). The average molecular weight is 286 g/mol. The van der Waals surface area contributed by atoms with E-state index in [1.165, 1.54) is 0 Å². The Kier molecular flexibility index (Phi) is 4.25. The number of nitrogens with two attached hydrogens (primary N) is 1. The molecular formula is C16H18N2OS. The smallest absolute Gasteiger partial charge is 0.117 e. The van der Waals surface area contributed by atoms with Crippen LogP contribution in [0, 0.1) is 6.92 Å². The summed E-state index contributed by atoms with van der Waals surface area (Å²) in [5.74, 6) is 0.267. The topological polar surface area (TPSA) is 49.5 Å². The number of hydrogen-bond donors (Lipinski definition) is 2. The lowest BCUT2D eigenvalue weighted by atomic mass is 10.1. The van der Waals surface area contributed by atoms with Crippen molar-refractivity contribution in [3.05, 3.63) is 53.6 Å². The molecule has 4 heteroatoms. The van der Waals surface area contributed by atoms with Gasteiger partial charge in [0.15, 0.2) is 0 Å². The van der Waals surface area contributed by atoms with Gasteiger partial charge in [0.2, 0.25) is 0 Å². The molecular weight excluding hydrogens is 268 g/mol. The van der Waals surface area contributed by atoms with Gasteiger partial charge in [-0.25, -0.2) is 0 Å². The first-order valence-corrected chi connectivity index (χ1v) is 6.90. The maximum absolute atomic E-state index is 9.69. The SMILES string of the molecule is CCN(c1ccc(C(N)=S)cc1)c1cc(O)ccc1C. The van der Waals surface area contributed by atoms with Crippen LogP contribution in [0.2, 0.25) is 0 Å². The van der Waals surface area contributed by atoms with Crippen LogP contribution in [0.15, 0.2) is 42.5 Å². The lowest BCUT2D eigenvalue weighted by Crippen LogP contribution is -2.17. The van der Waals surface area contributed by atoms with Crippen molar-refractivity contribution in [2.24, 2.45) is 5.73 Å². The summed E-state index contributed by atoms with van der Waals surface area (Å²) in [6, 6.07) is 13.2. The minimum Gasteiger partial charge on any atom is -0.508 e. The largest absolute Gasteiger partial charge is 0.508 e. The number of thiocarbonyl (C=S) groups is 1. The zero-order valence-electron chi connectivity index (χ0n) is 11.6. The van der Waals surface area contributed by atoms with E-state index in [1.54, 1.807) is 12.1 Å². The number of nitrogens with zero attached hydrogens (tertiary/aromatic N) is 1. The van der Waals surface area contributed by atoms with Crippen LogP contribution in [0.5, 0.6) is 5.75 Å². The summed E-state index contributed by atoms with van der Waals surface area (Å²) in [6.45, 7) is 4.91. The predicted molar refractivity (Wildman–Crippen MR) is 87.9 cm³/mol. The van der Waals surface area contributed by atoms with Crippen LogP contribution in [0.3, 0.4) is 0 Å². The summed E-state index contributed by atoms with van der Waals surface area (Å²) >= 11 is 4.96. The first kappa shape index (κ1) is 14.3. The Balaban J connectivity index is 2.41. The third-order valence-electron chi connectivity index (χ3n) is 3.26. The molecule has 20 heavy (non-hydrogen) atoms. The third kappa shape index (κ3) is 2.91. The number of phenols is 1. The summed E-state index contributed by atoms with van der Waals surface area (Å²) in [5.41, 5.74) is 9.62. The number of benzene rings is 2. The molecule has 2 aromatic rings. The molecule has 0 fully saturated rings. The molecule has 0 radical (unpaired) electrons. The molecule has 0 unspecified atom stereocenters. The summed E-state index contributed by atoms with van der Waals surface area (Å²) in [7, 11) is 0. The second-order valence-electron chi connectivity index (χ2n) is 4.63. The van der Waals surface area contributed by atoms with E-state index in [4.69, 9.17) is 18.0 Å². The van der Waals surface area contributed by atoms with E-state index >= 15 is 0 Å². The molecule has 0 aromatic heterocycles. The lowest BCUT2D eigenvalue weighted by Gasteiger charge is -2.25. The highest BCUT2D eigenvalue weighted by Gasteiger charge is 2.11. The summed E-state index contributed by atoms with van der Waals surface area (Å²) in [5, 5.41) is 9.69. The molecule has 0 bridgehead atoms. The van der Waals surface area contributed by atoms with Crippen molar-refractivity contribution in [1.29, 1.82) is 0 Å². The molecule has 0 heterocycles. The molecule has 0 amide bonds. The molecule has 2 aromatic carbocycles. The molecule has 0 aliphatic carbocycles. The van der Waals surface area contributed by atoms with Gasteiger partial charge in [0.1, 0.15) is 10.7 Å². The van der Waals surface area contributed by atoms with Crippen molar-refractivity contribution >= 4 is 28.6 Å². The van der Waals surface area contributed by atoms with Crippen molar-refractivity contribution in [2.75, 3.05) is 11.4 Å². The maximum Gasteiger partial charge on any atom is 0.117 e. The lowest BCUT2D eigenvalue weighted by molar-refractivity contribution is 0.475. The van der Waals surface area contributed by atoms with Crippen LogP contribution >= 0.6 is 12.2 Å². The first-order chi connectivity index (χ1) is 9.52. The molecule has 0 saturated heterocycles. The molecule has 3 N–H and O–H groups in total. The summed E-state index contributed by atoms with van der Waals surface area (Å²) in [4.78, 5) is 2.53. The van der Waals surface area contributed by atoms with Gasteiger partial charge >= 0.3 is 0 Å². The van der Waals surface area contributed by atoms with Crippen LogP contribution in [0.4, 0.5) is 11.4 Å². The molecule has 0 saturated carbocycles. The molecule has 0 aliphatic heterocycles. The number of phenolic OH excluding ortho intramolecular Hbond substituents is 1. The molecule has 0 aliphatic rings. The molecule has 0 atom stereocenters. The predicted octanol–water partition coefficient (Wildman–Crippen LogP) is 3.49. The van der Waals surface area contributed by atoms with Crippen LogP contribution in [0.25, 0.3) is 0 Å². The van der Waals surface area contributed by atoms with Gasteiger partial charge in [-0.1, -0.05) is 18.3 Å². The van der Waals surface area contributed by atoms with E-state index < -0.39 is 0 Å². The van der Waals surface area contributed by atoms with E-state index in [0.29, 0.717) is 4.99 Å². The van der Waals surface area contributed by atoms with E-state index in [0.717, 1.165) is 29.0 Å². The van der Waals surface area contributed by atoms with Crippen LogP contribution in [-0.4, -0.2) is 16.6 Å². The molecule has 104 valence electrons. The van der Waals surface area contributed by atoms with Crippen molar-refractivity contribution in [3.63, 3.8) is 0 Å². The van der Waals surface area contributed by atoms with Gasteiger partial charge < -0.3 is 15.7 Å². The van der Waals surface area contributed by atoms with Gasteiger partial charge in [0.05, 0.1) is 0 Å². The van der Waals surface area contributed by atoms with Crippen molar-refractivity contribution in [3.8, 4) is 5.75 Å². The van der Waals surface area contributed by atoms with Crippen LogP contribution < -0.4 is 10.6 Å². The van der Waals surface area contributed by atoms with Crippen molar-refractivity contribution < 1.29 is 5.11 Å². The van der Waals surface area contributed by atoms with Gasteiger partial charge in [0, 0.05) is 29.5 Å². The maximum atomic E-state index is 9.69. The van der Waals surface area contributed by atoms with Crippen LogP contribution in [-0.2, 0) is 0 Å². The fraction of sp³-hybridized carbons (Fsp3) is 0.188. The average Bonchev–Trinajstić information content (AvgIpc) is 2.44. The minimum absolute atomic E-state index is 0.267. The fourth-order valence-corrected chi connectivity index (χ4v) is 2.32. The van der Waals surface area contributed by atoms with Gasteiger partial charge in [0.25, 0.3) is 0 Å². The van der Waals surface area contributed by atoms with Gasteiger partial charge in [-0.05, 0) is 49.7 Å². The second-order valence-corrected chi connectivity index (χ2v) is 5.07. The monoisotopic (exact) mass is 286 g/mol. The Morgan fingerprint density at radius 1 is 1.20 bits per heavy atom. The summed E-state index contributed by atoms with van der Waals surface area (Å²) in [6.07, 6.45) is 0. The van der Waals surface area contributed by atoms with E-state index in [-0.39, 0.29) is 5.75 Å². The number of rotatable bonds is 4. The second kappa shape index (κ2) is 5.92. The number of hydrogen-bond acceptors (Lipinski definition) is 3. The van der Waals surface area contributed by atoms with Gasteiger partial charge in [-0.3, -0.25) is 0 Å². The first-order valence-electron chi connectivity index (χ1n) is 6.50. The van der Waals surface area contributed by atoms with Crippen molar-refractivity contribution in [2.45, 2.75) is 13.8 Å². The molecule has 0 spiro atoms. The number of anilines is 2. The highest BCUT2D eigenvalue weighted by Crippen LogP contribution is 2.31. The van der Waals surface area contributed by atoms with E-state index in [9.17, 15) is 5.11 Å². The van der Waals surface area contributed by atoms with Crippen LogP contribution in [0.1, 0.15) is 18.1 Å². The number of aromatic hydroxyl groups is 1. The number of aryl methyl sites for hydroxylation is 1. The highest BCUT2D eigenvalue weighted by molar-refractivity contribution is 7.80. The Morgan fingerprint density at radius 3 is 2.40 bits per heavy atom. The normalized spacial score (nSPS) is 10.3. The quantitative estimate of drug-likeness (QED) is 0.845. The minimum atomic E-state index is 0.267. The van der Waals surface area contributed by atoms with Crippen molar-refractivity contribution in [1.82, 2.24) is 0 Å². The third-order valence-corrected chi connectivity index (χ3v) is 3.50. The zero-order valence-corrected chi connectivity index (χ0v) is 12.4. The Hall–Kier alpha value is -2.07. The summed E-state index contributed by atoms with van der Waals surface area (Å²) < 4.78 is 0.